The summed E-state index contributed by atoms with van der Waals surface area (Å²) in [7, 11) is 0. The first-order chi connectivity index (χ1) is 35.0. The summed E-state index contributed by atoms with van der Waals surface area (Å²) < 4.78 is 16.7. The molecule has 0 rings (SSSR count). The van der Waals surface area contributed by atoms with Crippen LogP contribution in [-0.2, 0) is 28.6 Å². The summed E-state index contributed by atoms with van der Waals surface area (Å²) in [5.74, 6) is -1.11. The second-order valence-corrected chi connectivity index (χ2v) is 18.1. The first-order valence-corrected chi connectivity index (χ1v) is 28.3. The Bertz CT molecular complexity index is 1590. The molecule has 1 atom stereocenters. The van der Waals surface area contributed by atoms with Crippen molar-refractivity contribution in [3.05, 3.63) is 146 Å². The van der Waals surface area contributed by atoms with E-state index in [4.69, 9.17) is 14.2 Å². The molecule has 0 radical (unpaired) electrons. The Balaban J connectivity index is 4.66. The summed E-state index contributed by atoms with van der Waals surface area (Å²) in [5, 5.41) is 0. The molecule has 0 aromatic rings. The number of ether oxygens (including phenoxy) is 3. The van der Waals surface area contributed by atoms with Gasteiger partial charge < -0.3 is 14.2 Å². The molecule has 0 saturated heterocycles. The van der Waals surface area contributed by atoms with Gasteiger partial charge in [0, 0.05) is 19.3 Å². The van der Waals surface area contributed by atoms with Gasteiger partial charge in [0.2, 0.25) is 0 Å². The molecule has 0 unspecified atom stereocenters. The zero-order chi connectivity index (χ0) is 51.4. The lowest BCUT2D eigenvalue weighted by Crippen LogP contribution is -2.30. The van der Waals surface area contributed by atoms with Crippen molar-refractivity contribution in [3.8, 4) is 0 Å². The monoisotopic (exact) mass is 979 g/mol. The Morgan fingerprint density at radius 2 is 0.549 bits per heavy atom. The highest BCUT2D eigenvalue weighted by atomic mass is 16.6. The first kappa shape index (κ1) is 66.3. The van der Waals surface area contributed by atoms with E-state index in [9.17, 15) is 14.4 Å². The molecule has 0 aromatic heterocycles. The van der Waals surface area contributed by atoms with E-state index in [-0.39, 0.29) is 38.0 Å². The van der Waals surface area contributed by atoms with Crippen LogP contribution in [0.3, 0.4) is 0 Å². The Labute approximate surface area is 436 Å². The number of unbranched alkanes of at least 4 members (excludes halogenated alkanes) is 14. The fourth-order valence-corrected chi connectivity index (χ4v) is 7.01. The van der Waals surface area contributed by atoms with Gasteiger partial charge in [-0.1, -0.05) is 218 Å². The van der Waals surface area contributed by atoms with Crippen molar-refractivity contribution >= 4 is 17.9 Å². The van der Waals surface area contributed by atoms with Crippen LogP contribution in [-0.4, -0.2) is 37.2 Å². The van der Waals surface area contributed by atoms with Crippen LogP contribution < -0.4 is 0 Å². The highest BCUT2D eigenvalue weighted by Gasteiger charge is 2.19. The molecule has 71 heavy (non-hydrogen) atoms. The maximum Gasteiger partial charge on any atom is 0.306 e. The average Bonchev–Trinajstić information content (AvgIpc) is 3.37. The highest BCUT2D eigenvalue weighted by molar-refractivity contribution is 5.71. The number of carbonyl (C=O) groups excluding carboxylic acids is 3. The van der Waals surface area contributed by atoms with Gasteiger partial charge in [-0.3, -0.25) is 14.4 Å². The third kappa shape index (κ3) is 56.1. The van der Waals surface area contributed by atoms with Gasteiger partial charge in [0.15, 0.2) is 6.10 Å². The molecule has 398 valence electrons. The van der Waals surface area contributed by atoms with E-state index in [0.29, 0.717) is 19.3 Å². The fourth-order valence-electron chi connectivity index (χ4n) is 7.01. The van der Waals surface area contributed by atoms with Crippen molar-refractivity contribution in [1.29, 1.82) is 0 Å². The first-order valence-electron chi connectivity index (χ1n) is 28.3. The second kappa shape index (κ2) is 57.9. The lowest BCUT2D eigenvalue weighted by molar-refractivity contribution is -0.166. The molecule has 0 amide bonds. The molecule has 0 saturated carbocycles. The van der Waals surface area contributed by atoms with Crippen molar-refractivity contribution in [2.75, 3.05) is 13.2 Å². The van der Waals surface area contributed by atoms with Crippen LogP contribution in [0, 0.1) is 0 Å². The van der Waals surface area contributed by atoms with E-state index >= 15 is 0 Å². The Hall–Kier alpha value is -4.71. The molecule has 0 spiro atoms. The normalized spacial score (nSPS) is 13.2. The van der Waals surface area contributed by atoms with Gasteiger partial charge in [0.05, 0.1) is 0 Å². The minimum atomic E-state index is -0.853. The molecule has 6 heteroatoms. The summed E-state index contributed by atoms with van der Waals surface area (Å²) in [6.45, 7) is 6.41. The summed E-state index contributed by atoms with van der Waals surface area (Å²) in [6, 6.07) is 0. The van der Waals surface area contributed by atoms with Crippen LogP contribution in [0.4, 0.5) is 0 Å². The number of hydrogen-bond acceptors (Lipinski definition) is 6. The van der Waals surface area contributed by atoms with E-state index in [1.54, 1.807) is 0 Å². The van der Waals surface area contributed by atoms with Crippen molar-refractivity contribution in [2.45, 2.75) is 232 Å². The fraction of sp³-hybridized carbons (Fsp3) is 0.585. The van der Waals surface area contributed by atoms with Crippen LogP contribution in [0.25, 0.3) is 0 Å². The van der Waals surface area contributed by atoms with E-state index < -0.39 is 12.1 Å². The van der Waals surface area contributed by atoms with Crippen molar-refractivity contribution in [1.82, 2.24) is 0 Å². The van der Waals surface area contributed by atoms with Gasteiger partial charge in [-0.15, -0.1) is 0 Å². The second-order valence-electron chi connectivity index (χ2n) is 18.1. The number of esters is 3. The van der Waals surface area contributed by atoms with Crippen LogP contribution in [0.5, 0.6) is 0 Å². The highest BCUT2D eigenvalue weighted by Crippen LogP contribution is 2.11. The quantitative estimate of drug-likeness (QED) is 0.0262. The predicted molar refractivity (Wildman–Crippen MR) is 306 cm³/mol. The van der Waals surface area contributed by atoms with Crippen LogP contribution in [0.15, 0.2) is 146 Å². The minimum Gasteiger partial charge on any atom is -0.462 e. The van der Waals surface area contributed by atoms with Gasteiger partial charge in [-0.25, -0.2) is 0 Å². The zero-order valence-corrected chi connectivity index (χ0v) is 45.4. The minimum absolute atomic E-state index is 0.140. The molecular weight excluding hydrogens is 877 g/mol. The number of allylic oxidation sites excluding steroid dienone is 24. The van der Waals surface area contributed by atoms with Gasteiger partial charge in [0.1, 0.15) is 13.2 Å². The molecule has 0 bridgehead atoms. The predicted octanol–water partition coefficient (Wildman–Crippen LogP) is 19.2. The SMILES string of the molecule is CCCCC/C=C\C/C=C\C/C=C\C/C=C\C/C=C\CCC(=O)OC[C@H](COC(=O)CCCCCC/C=C\C/C=C\C/C=C\CCCCC)OC(=O)CCC/C=C\C/C=C\C/C=C\C/C=C\CCCCC. The molecule has 0 aromatic carbocycles. The third-order valence-corrected chi connectivity index (χ3v) is 11.3. The van der Waals surface area contributed by atoms with Gasteiger partial charge in [-0.05, 0) is 135 Å². The summed E-state index contributed by atoms with van der Waals surface area (Å²) in [6.07, 6.45) is 82.7. The van der Waals surface area contributed by atoms with Crippen LogP contribution >= 0.6 is 0 Å². The summed E-state index contributed by atoms with van der Waals surface area (Å²) >= 11 is 0. The van der Waals surface area contributed by atoms with Gasteiger partial charge in [-0.2, -0.15) is 0 Å². The van der Waals surface area contributed by atoms with E-state index in [0.717, 1.165) is 96.3 Å². The Kier molecular flexibility index (Phi) is 54.0. The van der Waals surface area contributed by atoms with Crippen LogP contribution in [0.2, 0.25) is 0 Å². The zero-order valence-electron chi connectivity index (χ0n) is 45.4. The molecule has 6 nitrogen and oxygen atoms in total. The third-order valence-electron chi connectivity index (χ3n) is 11.3. The molecule has 0 N–H and O–H groups in total. The van der Waals surface area contributed by atoms with E-state index in [1.165, 1.54) is 77.0 Å². The van der Waals surface area contributed by atoms with Crippen molar-refractivity contribution in [3.63, 3.8) is 0 Å². The number of hydrogen-bond donors (Lipinski definition) is 0. The largest absolute Gasteiger partial charge is 0.462 e. The average molecular weight is 980 g/mol. The Morgan fingerprint density at radius 3 is 0.901 bits per heavy atom. The summed E-state index contributed by atoms with van der Waals surface area (Å²) in [5.41, 5.74) is 0. The van der Waals surface area contributed by atoms with E-state index in [2.05, 4.69) is 154 Å². The molecule has 0 fully saturated rings. The van der Waals surface area contributed by atoms with Gasteiger partial charge in [0.25, 0.3) is 0 Å². The lowest BCUT2D eigenvalue weighted by atomic mass is 10.1. The standard InChI is InChI=1S/C65H102O6/c1-4-7-10-13-16-19-22-25-28-31-32-35-37-40-43-46-49-52-55-58-64(67)70-61-62(71-65(68)59-56-53-50-47-44-41-38-34-30-27-24-21-18-15-12-9-6-3)60-69-63(66)57-54-51-48-45-42-39-36-33-29-26-23-20-17-14-11-8-5-2/h16-21,25-30,32,35-36,38-41,43,47,49-50,52,62H,4-15,22-24,31,33-34,37,42,44-46,48,51,53-61H2,1-3H3/b19-16-,20-17-,21-18-,28-25-,29-26-,30-27-,35-32-,39-36-,41-38-,43-40-,50-47-,52-49-/t62-/m0/s1. The van der Waals surface area contributed by atoms with E-state index in [1.807, 2.05) is 12.2 Å². The number of carbonyl (C=O) groups is 3. The van der Waals surface area contributed by atoms with Crippen LogP contribution in [0.1, 0.15) is 226 Å². The Morgan fingerprint density at radius 1 is 0.282 bits per heavy atom. The smallest absolute Gasteiger partial charge is 0.306 e. The lowest BCUT2D eigenvalue weighted by Gasteiger charge is -2.18. The maximum atomic E-state index is 12.8. The topological polar surface area (TPSA) is 78.9 Å². The van der Waals surface area contributed by atoms with Crippen molar-refractivity contribution < 1.29 is 28.6 Å². The summed E-state index contributed by atoms with van der Waals surface area (Å²) in [4.78, 5) is 38.1. The molecule has 0 aliphatic rings. The molecule has 0 aliphatic carbocycles. The maximum absolute atomic E-state index is 12.8. The molecular formula is C65H102O6. The number of rotatable bonds is 49. The molecule has 0 heterocycles. The molecule has 0 aliphatic heterocycles. The van der Waals surface area contributed by atoms with Crippen molar-refractivity contribution in [2.24, 2.45) is 0 Å². The van der Waals surface area contributed by atoms with Gasteiger partial charge >= 0.3 is 17.9 Å².